The van der Waals surface area contributed by atoms with Crippen LogP contribution < -0.4 is 14.4 Å². The molecule has 0 saturated carbocycles. The van der Waals surface area contributed by atoms with Crippen LogP contribution in [0.2, 0.25) is 0 Å². The van der Waals surface area contributed by atoms with Crippen molar-refractivity contribution in [3.63, 3.8) is 0 Å². The van der Waals surface area contributed by atoms with Crippen LogP contribution in [-0.4, -0.2) is 75.1 Å². The summed E-state index contributed by atoms with van der Waals surface area (Å²) in [6, 6.07) is 11.0. The molecule has 0 amide bonds. The number of ether oxygens (including phenoxy) is 1. The first kappa shape index (κ1) is 27.2. The lowest BCUT2D eigenvalue weighted by atomic mass is 10.1. The molecule has 38 heavy (non-hydrogen) atoms. The third-order valence-electron chi connectivity index (χ3n) is 7.26. The van der Waals surface area contributed by atoms with Crippen LogP contribution in [0.25, 0.3) is 10.1 Å². The minimum atomic E-state index is -5.34. The van der Waals surface area contributed by atoms with E-state index in [1.807, 2.05) is 4.72 Å². The predicted molar refractivity (Wildman–Crippen MR) is 137 cm³/mol. The number of hydrogen-bond donors (Lipinski definition) is 2. The summed E-state index contributed by atoms with van der Waals surface area (Å²) in [5.74, 6) is -2.57. The van der Waals surface area contributed by atoms with E-state index in [1.54, 1.807) is 24.3 Å². The Labute approximate surface area is 223 Å². The molecule has 3 saturated heterocycles. The molecule has 1 aromatic heterocycles. The number of thiophene rings is 1. The maximum absolute atomic E-state index is 14.1. The lowest BCUT2D eigenvalue weighted by Gasteiger charge is -2.50. The number of quaternary nitrogens is 1. The fourth-order valence-corrected chi connectivity index (χ4v) is 8.91. The molecule has 3 aromatic rings. The number of sulfonamides is 1. The van der Waals surface area contributed by atoms with Crippen molar-refractivity contribution in [1.82, 2.24) is 9.62 Å². The Kier molecular flexibility index (Phi) is 7.36. The highest BCUT2D eigenvalue weighted by Crippen LogP contribution is 2.47. The van der Waals surface area contributed by atoms with E-state index < -0.39 is 29.2 Å². The number of rotatable bonds is 9. The Hall–Kier alpha value is -2.40. The van der Waals surface area contributed by atoms with Gasteiger partial charge in [-0.1, -0.05) is 6.07 Å². The van der Waals surface area contributed by atoms with Crippen LogP contribution in [0.4, 0.5) is 4.39 Å². The van der Waals surface area contributed by atoms with Crippen LogP contribution in [0.3, 0.4) is 0 Å². The second-order valence-electron chi connectivity index (χ2n) is 9.63. The third kappa shape index (κ3) is 5.64. The zero-order valence-corrected chi connectivity index (χ0v) is 22.8. The van der Waals surface area contributed by atoms with Gasteiger partial charge in [0.05, 0.1) is 25.2 Å². The summed E-state index contributed by atoms with van der Waals surface area (Å²) in [5.41, 5.74) is -0.705. The zero-order valence-electron chi connectivity index (χ0n) is 20.2. The standard InChI is InChI=1S/C24H26FN4O6PS2/c25-21-14-17(1-2-18(21)16-26)24(36(30,31)32)27-38(33,34)23-15-19-13-20(3-4-22(19)37-23)35-12-11-29-8-5-28(6-9-29)7-10-29/h1-4,13-15,24,27H,5-12H2,(H-,30,31,32). The van der Waals surface area contributed by atoms with Crippen LogP contribution in [-0.2, 0) is 14.6 Å². The fourth-order valence-electron chi connectivity index (χ4n) is 4.96. The van der Waals surface area contributed by atoms with Gasteiger partial charge in [0.15, 0.2) is 7.60 Å². The van der Waals surface area contributed by atoms with Crippen molar-refractivity contribution in [2.75, 3.05) is 52.4 Å². The van der Waals surface area contributed by atoms with Gasteiger partial charge >= 0.3 is 0 Å². The molecule has 2 unspecified atom stereocenters. The lowest BCUT2D eigenvalue weighted by Crippen LogP contribution is -2.68. The first-order chi connectivity index (χ1) is 18.0. The molecule has 0 spiro atoms. The van der Waals surface area contributed by atoms with E-state index in [4.69, 9.17) is 10.00 Å². The van der Waals surface area contributed by atoms with Gasteiger partial charge in [0, 0.05) is 24.3 Å². The highest BCUT2D eigenvalue weighted by atomic mass is 32.2. The number of fused-ring (bicyclic) bond motifs is 4. The molecule has 6 rings (SSSR count). The van der Waals surface area contributed by atoms with Crippen LogP contribution in [0.15, 0.2) is 46.7 Å². The summed E-state index contributed by atoms with van der Waals surface area (Å²) in [6.45, 7) is 8.18. The molecule has 10 nitrogen and oxygen atoms in total. The van der Waals surface area contributed by atoms with Crippen molar-refractivity contribution in [2.45, 2.75) is 9.99 Å². The molecule has 3 aliphatic heterocycles. The normalized spacial score (nSPS) is 23.6. The molecule has 2 aromatic carbocycles. The van der Waals surface area contributed by atoms with E-state index in [1.165, 1.54) is 6.07 Å². The summed E-state index contributed by atoms with van der Waals surface area (Å²) in [6.07, 6.45) is 0. The number of halogens is 1. The molecule has 2 bridgehead atoms. The Balaban J connectivity index is 1.32. The first-order valence-corrected chi connectivity index (χ1v) is 15.9. The van der Waals surface area contributed by atoms with Crippen molar-refractivity contribution in [3.8, 4) is 11.8 Å². The molecule has 202 valence electrons. The minimum Gasteiger partial charge on any atom is -0.777 e. The summed E-state index contributed by atoms with van der Waals surface area (Å²) in [4.78, 5) is 24.2. The monoisotopic (exact) mass is 580 g/mol. The Morgan fingerprint density at radius 1 is 1.21 bits per heavy atom. The van der Waals surface area contributed by atoms with Crippen LogP contribution >= 0.6 is 18.9 Å². The largest absolute Gasteiger partial charge is 0.777 e. The Bertz CT molecular complexity index is 1550. The molecule has 0 radical (unpaired) electrons. The summed E-state index contributed by atoms with van der Waals surface area (Å²) < 4.78 is 61.8. The molecular weight excluding hydrogens is 554 g/mol. The topological polar surface area (TPSA) is 143 Å². The van der Waals surface area contributed by atoms with E-state index in [0.29, 0.717) is 28.5 Å². The van der Waals surface area contributed by atoms with E-state index in [0.717, 1.165) is 73.8 Å². The molecule has 14 heteroatoms. The van der Waals surface area contributed by atoms with Crippen molar-refractivity contribution < 1.29 is 36.4 Å². The highest BCUT2D eigenvalue weighted by molar-refractivity contribution is 7.92. The van der Waals surface area contributed by atoms with Crippen LogP contribution in [0.5, 0.6) is 5.75 Å². The number of nitrogens with zero attached hydrogens (tertiary/aromatic N) is 3. The van der Waals surface area contributed by atoms with Gasteiger partial charge in [-0.2, -0.15) is 9.98 Å². The number of hydrogen-bond acceptors (Lipinski definition) is 8. The fraction of sp³-hybridized carbons (Fsp3) is 0.375. The van der Waals surface area contributed by atoms with Crippen LogP contribution in [0.1, 0.15) is 16.9 Å². The maximum Gasteiger partial charge on any atom is 0.251 e. The average molecular weight is 581 g/mol. The summed E-state index contributed by atoms with van der Waals surface area (Å²) in [5, 5.41) is 9.48. The van der Waals surface area contributed by atoms with Crippen molar-refractivity contribution in [3.05, 3.63) is 59.4 Å². The first-order valence-electron chi connectivity index (χ1n) is 12.0. The highest BCUT2D eigenvalue weighted by Gasteiger charge is 2.38. The molecule has 0 aliphatic carbocycles. The number of piperazine rings is 3. The average Bonchev–Trinajstić information content (AvgIpc) is 3.32. The van der Waals surface area contributed by atoms with E-state index in [-0.39, 0.29) is 15.3 Å². The third-order valence-corrected chi connectivity index (χ3v) is 11.5. The molecule has 4 heterocycles. The SMILES string of the molecule is N#Cc1ccc(C(NS(=O)(=O)c2cc3cc(OCC[N+]45CCN(CC4)CC5)ccc3s2)P(=O)([O-])O)cc1F. The van der Waals surface area contributed by atoms with Gasteiger partial charge in [0.2, 0.25) is 0 Å². The number of nitrogens with one attached hydrogen (secondary N) is 1. The predicted octanol–water partition coefficient (Wildman–Crippen LogP) is 1.96. The van der Waals surface area contributed by atoms with Gasteiger partial charge in [-0.25, -0.2) is 12.8 Å². The van der Waals surface area contributed by atoms with E-state index in [2.05, 4.69) is 4.90 Å². The molecular formula is C24H26FN4O6PS2. The van der Waals surface area contributed by atoms with Crippen molar-refractivity contribution in [1.29, 1.82) is 5.26 Å². The second-order valence-corrected chi connectivity index (χ2v) is 14.3. The Morgan fingerprint density at radius 3 is 2.55 bits per heavy atom. The van der Waals surface area contributed by atoms with Gasteiger partial charge < -0.3 is 23.6 Å². The van der Waals surface area contributed by atoms with Crippen molar-refractivity contribution >= 4 is 39.0 Å². The van der Waals surface area contributed by atoms with Gasteiger partial charge in [0.1, 0.15) is 40.8 Å². The van der Waals surface area contributed by atoms with E-state index >= 15 is 0 Å². The molecule has 3 aliphatic rings. The van der Waals surface area contributed by atoms with Gasteiger partial charge in [-0.05, 0) is 47.3 Å². The van der Waals surface area contributed by atoms with Gasteiger partial charge in [0.25, 0.3) is 10.0 Å². The number of nitriles is 1. The summed E-state index contributed by atoms with van der Waals surface area (Å²) in [7, 11) is -9.77. The smallest absolute Gasteiger partial charge is 0.251 e. The Morgan fingerprint density at radius 2 is 1.92 bits per heavy atom. The maximum atomic E-state index is 14.1. The number of benzene rings is 2. The van der Waals surface area contributed by atoms with Gasteiger partial charge in [-0.3, -0.25) is 4.90 Å². The quantitative estimate of drug-likeness (QED) is 0.289. The van der Waals surface area contributed by atoms with E-state index in [9.17, 15) is 27.2 Å². The lowest BCUT2D eigenvalue weighted by molar-refractivity contribution is -0.940. The van der Waals surface area contributed by atoms with Gasteiger partial charge in [-0.15, -0.1) is 11.3 Å². The van der Waals surface area contributed by atoms with Crippen molar-refractivity contribution in [2.24, 2.45) is 0 Å². The molecule has 2 atom stereocenters. The second kappa shape index (κ2) is 10.3. The minimum absolute atomic E-state index is 0.179. The summed E-state index contributed by atoms with van der Waals surface area (Å²) >= 11 is 0.921. The zero-order chi connectivity index (χ0) is 27.1. The molecule has 2 N–H and O–H groups in total. The molecule has 3 fully saturated rings. The van der Waals surface area contributed by atoms with Crippen LogP contribution in [0, 0.1) is 17.1 Å².